The number of nitrogen functional groups attached to an aromatic ring is 1. The first kappa shape index (κ1) is 18.6. The highest BCUT2D eigenvalue weighted by molar-refractivity contribution is 6.35. The second-order valence-electron chi connectivity index (χ2n) is 7.14. The van der Waals surface area contributed by atoms with Gasteiger partial charge in [0.15, 0.2) is 0 Å². The number of nitrogens with one attached hydrogen (secondary N) is 3. The molecule has 3 aromatic rings. The van der Waals surface area contributed by atoms with Crippen molar-refractivity contribution in [1.29, 1.82) is 0 Å². The highest BCUT2D eigenvalue weighted by Crippen LogP contribution is 2.35. The SMILES string of the molecule is Cc1[nH]c(C=C2C(=O)Nc3ccc(C(=O)NCc4ccccc4)cc32)c(C)c1N. The van der Waals surface area contributed by atoms with Crippen molar-refractivity contribution >= 4 is 34.8 Å². The van der Waals surface area contributed by atoms with Gasteiger partial charge in [0, 0.05) is 34.7 Å². The Morgan fingerprint density at radius 2 is 1.90 bits per heavy atom. The number of carbonyl (C=O) groups excluding carboxylic acids is 2. The molecule has 0 spiro atoms. The lowest BCUT2D eigenvalue weighted by Gasteiger charge is -2.07. The lowest BCUT2D eigenvalue weighted by molar-refractivity contribution is -0.110. The number of hydrogen-bond donors (Lipinski definition) is 4. The van der Waals surface area contributed by atoms with E-state index in [-0.39, 0.29) is 11.8 Å². The lowest BCUT2D eigenvalue weighted by atomic mass is 10.0. The minimum atomic E-state index is -0.202. The highest BCUT2D eigenvalue weighted by Gasteiger charge is 2.26. The number of aromatic amines is 1. The Kier molecular flexibility index (Phi) is 4.68. The molecule has 6 nitrogen and oxygen atoms in total. The Balaban J connectivity index is 1.62. The zero-order valence-electron chi connectivity index (χ0n) is 16.3. The molecule has 0 saturated heterocycles. The van der Waals surface area contributed by atoms with Crippen LogP contribution in [0.5, 0.6) is 0 Å². The van der Waals surface area contributed by atoms with Crippen molar-refractivity contribution in [2.75, 3.05) is 11.1 Å². The number of fused-ring (bicyclic) bond motifs is 1. The molecule has 2 amide bonds. The van der Waals surface area contributed by atoms with E-state index in [2.05, 4.69) is 15.6 Å². The minimum absolute atomic E-state index is 0.188. The summed E-state index contributed by atoms with van der Waals surface area (Å²) in [5, 5.41) is 5.76. The third kappa shape index (κ3) is 3.52. The van der Waals surface area contributed by atoms with Crippen molar-refractivity contribution in [3.8, 4) is 0 Å². The molecule has 146 valence electrons. The summed E-state index contributed by atoms with van der Waals surface area (Å²) in [7, 11) is 0. The summed E-state index contributed by atoms with van der Waals surface area (Å²) in [4.78, 5) is 28.3. The number of anilines is 2. The summed E-state index contributed by atoms with van der Waals surface area (Å²) in [5.74, 6) is -0.390. The average molecular weight is 386 g/mol. The Morgan fingerprint density at radius 3 is 2.59 bits per heavy atom. The Hall–Kier alpha value is -3.80. The summed E-state index contributed by atoms with van der Waals surface area (Å²) >= 11 is 0. The van der Waals surface area contributed by atoms with Crippen LogP contribution >= 0.6 is 0 Å². The van der Waals surface area contributed by atoms with Crippen molar-refractivity contribution < 1.29 is 9.59 Å². The molecule has 2 aromatic carbocycles. The summed E-state index contributed by atoms with van der Waals surface area (Å²) in [5.41, 5.74) is 12.7. The maximum Gasteiger partial charge on any atom is 0.256 e. The molecule has 0 aliphatic carbocycles. The predicted molar refractivity (Wildman–Crippen MR) is 115 cm³/mol. The van der Waals surface area contributed by atoms with Crippen molar-refractivity contribution in [1.82, 2.24) is 10.3 Å². The summed E-state index contributed by atoms with van der Waals surface area (Å²) in [6.07, 6.45) is 1.78. The third-order valence-corrected chi connectivity index (χ3v) is 5.18. The first-order chi connectivity index (χ1) is 13.9. The van der Waals surface area contributed by atoms with E-state index in [1.54, 1.807) is 24.3 Å². The van der Waals surface area contributed by atoms with Crippen LogP contribution in [0.25, 0.3) is 11.6 Å². The van der Waals surface area contributed by atoms with Gasteiger partial charge >= 0.3 is 0 Å². The largest absolute Gasteiger partial charge is 0.397 e. The van der Waals surface area contributed by atoms with E-state index in [0.717, 1.165) is 22.5 Å². The lowest BCUT2D eigenvalue weighted by Crippen LogP contribution is -2.22. The number of aryl methyl sites for hydroxylation is 1. The fraction of sp³-hybridized carbons (Fsp3) is 0.130. The van der Waals surface area contributed by atoms with Gasteiger partial charge in [0.1, 0.15) is 0 Å². The van der Waals surface area contributed by atoms with Gasteiger partial charge in [0.2, 0.25) is 0 Å². The zero-order valence-corrected chi connectivity index (χ0v) is 16.3. The molecule has 0 unspecified atom stereocenters. The second-order valence-corrected chi connectivity index (χ2v) is 7.14. The Labute approximate surface area is 168 Å². The number of aromatic nitrogens is 1. The van der Waals surface area contributed by atoms with Gasteiger partial charge in [-0.05, 0) is 49.2 Å². The van der Waals surface area contributed by atoms with Gasteiger partial charge < -0.3 is 21.4 Å². The average Bonchev–Trinajstić information content (AvgIpc) is 3.17. The fourth-order valence-electron chi connectivity index (χ4n) is 3.43. The van der Waals surface area contributed by atoms with Crippen LogP contribution in [-0.2, 0) is 11.3 Å². The van der Waals surface area contributed by atoms with E-state index in [1.807, 2.05) is 44.2 Å². The van der Waals surface area contributed by atoms with E-state index < -0.39 is 0 Å². The van der Waals surface area contributed by atoms with Gasteiger partial charge in [-0.2, -0.15) is 0 Å². The summed E-state index contributed by atoms with van der Waals surface area (Å²) in [6.45, 7) is 4.24. The maximum absolute atomic E-state index is 12.6. The van der Waals surface area contributed by atoms with Gasteiger partial charge in [0.05, 0.1) is 11.3 Å². The molecule has 1 aromatic heterocycles. The van der Waals surface area contributed by atoms with Crippen LogP contribution in [0.1, 0.15) is 38.4 Å². The quantitative estimate of drug-likeness (QED) is 0.515. The molecule has 6 heteroatoms. The van der Waals surface area contributed by atoms with Gasteiger partial charge in [-0.25, -0.2) is 0 Å². The molecular weight excluding hydrogens is 364 g/mol. The molecule has 0 atom stereocenters. The monoisotopic (exact) mass is 386 g/mol. The van der Waals surface area contributed by atoms with Crippen LogP contribution in [0.15, 0.2) is 48.5 Å². The Bertz CT molecular complexity index is 1140. The smallest absolute Gasteiger partial charge is 0.256 e. The van der Waals surface area contributed by atoms with Crippen molar-refractivity contribution in [3.05, 3.63) is 82.2 Å². The maximum atomic E-state index is 12.6. The van der Waals surface area contributed by atoms with Gasteiger partial charge in [-0.1, -0.05) is 30.3 Å². The number of amides is 2. The molecule has 2 heterocycles. The van der Waals surface area contributed by atoms with Crippen LogP contribution in [0.3, 0.4) is 0 Å². The standard InChI is InChI=1S/C23H22N4O2/c1-13-20(26-14(2)21(13)24)11-18-17-10-16(8-9-19(17)27-23(18)29)22(28)25-12-15-6-4-3-5-7-15/h3-11,26H,12,24H2,1-2H3,(H,25,28)(H,27,29). The third-order valence-electron chi connectivity index (χ3n) is 5.18. The number of rotatable bonds is 4. The molecule has 0 saturated carbocycles. The first-order valence-corrected chi connectivity index (χ1v) is 9.38. The zero-order chi connectivity index (χ0) is 20.5. The van der Waals surface area contributed by atoms with E-state index in [4.69, 9.17) is 5.73 Å². The fourth-order valence-corrected chi connectivity index (χ4v) is 3.43. The van der Waals surface area contributed by atoms with E-state index in [1.165, 1.54) is 0 Å². The minimum Gasteiger partial charge on any atom is -0.397 e. The number of hydrogen-bond acceptors (Lipinski definition) is 3. The van der Waals surface area contributed by atoms with Gasteiger partial charge in [-0.3, -0.25) is 9.59 Å². The summed E-state index contributed by atoms with van der Waals surface area (Å²) in [6, 6.07) is 14.9. The molecule has 1 aliphatic heterocycles. The molecule has 29 heavy (non-hydrogen) atoms. The predicted octanol–water partition coefficient (Wildman–Crippen LogP) is 3.64. The molecule has 5 N–H and O–H groups in total. The molecule has 0 bridgehead atoms. The normalized spacial score (nSPS) is 14.0. The molecule has 0 radical (unpaired) electrons. The van der Waals surface area contributed by atoms with Crippen LogP contribution in [0, 0.1) is 13.8 Å². The molecule has 0 fully saturated rings. The summed E-state index contributed by atoms with van der Waals surface area (Å²) < 4.78 is 0. The molecular formula is C23H22N4O2. The van der Waals surface area contributed by atoms with Gasteiger partial charge in [-0.15, -0.1) is 0 Å². The molecule has 1 aliphatic rings. The molecule has 4 rings (SSSR count). The van der Waals surface area contributed by atoms with Crippen LogP contribution in [0.4, 0.5) is 11.4 Å². The topological polar surface area (TPSA) is 100 Å². The number of benzene rings is 2. The van der Waals surface area contributed by atoms with Crippen molar-refractivity contribution in [3.63, 3.8) is 0 Å². The van der Waals surface area contributed by atoms with E-state index in [9.17, 15) is 9.59 Å². The van der Waals surface area contributed by atoms with Crippen LogP contribution < -0.4 is 16.4 Å². The van der Waals surface area contributed by atoms with Gasteiger partial charge in [0.25, 0.3) is 11.8 Å². The first-order valence-electron chi connectivity index (χ1n) is 9.38. The Morgan fingerprint density at radius 1 is 1.14 bits per heavy atom. The van der Waals surface area contributed by atoms with E-state index >= 15 is 0 Å². The van der Waals surface area contributed by atoms with Crippen LogP contribution in [0.2, 0.25) is 0 Å². The van der Waals surface area contributed by atoms with Crippen molar-refractivity contribution in [2.45, 2.75) is 20.4 Å². The van der Waals surface area contributed by atoms with E-state index in [0.29, 0.717) is 34.6 Å². The number of H-pyrrole nitrogens is 1. The number of nitrogens with two attached hydrogens (primary N) is 1. The van der Waals surface area contributed by atoms with Crippen molar-refractivity contribution in [2.24, 2.45) is 0 Å². The number of carbonyl (C=O) groups is 2. The highest BCUT2D eigenvalue weighted by atomic mass is 16.2. The van der Waals surface area contributed by atoms with Crippen LogP contribution in [-0.4, -0.2) is 16.8 Å². The second kappa shape index (κ2) is 7.31.